The van der Waals surface area contributed by atoms with Gasteiger partial charge in [-0.05, 0) is 42.5 Å². The zero-order valence-corrected chi connectivity index (χ0v) is 11.3. The minimum Gasteiger partial charge on any atom is -0.381 e. The molecule has 2 aromatic carbocycles. The second kappa shape index (κ2) is 4.95. The van der Waals surface area contributed by atoms with Gasteiger partial charge in [0, 0.05) is 0 Å². The summed E-state index contributed by atoms with van der Waals surface area (Å²) in [6.07, 6.45) is 1.02. The number of hydrogen-bond donors (Lipinski definition) is 1. The Labute approximate surface area is 109 Å². The van der Waals surface area contributed by atoms with Crippen LogP contribution < -0.4 is 0 Å². The Bertz CT molecular complexity index is 524. The molecule has 1 atom stereocenters. The van der Waals surface area contributed by atoms with Gasteiger partial charge in [-0.15, -0.1) is 0 Å². The van der Waals surface area contributed by atoms with Crippen LogP contribution in [0.2, 0.25) is 0 Å². The first-order valence-electron chi connectivity index (χ1n) is 6.43. The van der Waals surface area contributed by atoms with Crippen molar-refractivity contribution in [2.24, 2.45) is 0 Å². The Morgan fingerprint density at radius 1 is 1.00 bits per heavy atom. The van der Waals surface area contributed by atoms with Gasteiger partial charge in [0.2, 0.25) is 0 Å². The first-order valence-corrected chi connectivity index (χ1v) is 6.43. The van der Waals surface area contributed by atoms with E-state index in [0.717, 1.165) is 23.1 Å². The normalized spacial score (nSPS) is 14.2. The van der Waals surface area contributed by atoms with Crippen molar-refractivity contribution in [3.05, 3.63) is 70.8 Å². The zero-order chi connectivity index (χ0) is 13.2. The Balaban J connectivity index is 2.44. The van der Waals surface area contributed by atoms with E-state index in [1.54, 1.807) is 0 Å². The highest BCUT2D eigenvalue weighted by Crippen LogP contribution is 2.31. The molecule has 2 aromatic rings. The highest BCUT2D eigenvalue weighted by molar-refractivity contribution is 5.40. The van der Waals surface area contributed by atoms with Crippen molar-refractivity contribution in [2.75, 3.05) is 0 Å². The predicted octanol–water partition coefficient (Wildman–Crippen LogP) is 3.81. The molecule has 0 bridgehead atoms. The van der Waals surface area contributed by atoms with Crippen LogP contribution in [0.1, 0.15) is 36.1 Å². The molecule has 0 aliphatic carbocycles. The van der Waals surface area contributed by atoms with Crippen LogP contribution in [0.3, 0.4) is 0 Å². The number of hydrogen-bond acceptors (Lipinski definition) is 1. The van der Waals surface area contributed by atoms with Crippen molar-refractivity contribution in [1.82, 2.24) is 0 Å². The molecule has 0 heterocycles. The van der Waals surface area contributed by atoms with Crippen LogP contribution in [-0.4, -0.2) is 5.11 Å². The lowest BCUT2D eigenvalue weighted by molar-refractivity contribution is 0.101. The van der Waals surface area contributed by atoms with E-state index in [1.807, 2.05) is 50.2 Å². The van der Waals surface area contributed by atoms with Crippen molar-refractivity contribution in [3.8, 4) is 0 Å². The molecule has 18 heavy (non-hydrogen) atoms. The molecule has 0 aliphatic heterocycles. The van der Waals surface area contributed by atoms with Crippen LogP contribution in [0.15, 0.2) is 48.5 Å². The Kier molecular flexibility index (Phi) is 3.53. The van der Waals surface area contributed by atoms with E-state index >= 15 is 0 Å². The number of benzene rings is 2. The molecule has 0 amide bonds. The van der Waals surface area contributed by atoms with Gasteiger partial charge < -0.3 is 5.11 Å². The highest BCUT2D eigenvalue weighted by atomic mass is 16.3. The van der Waals surface area contributed by atoms with E-state index in [-0.39, 0.29) is 0 Å². The maximum atomic E-state index is 10.8. The molecule has 94 valence electrons. The minimum absolute atomic E-state index is 0.933. The van der Waals surface area contributed by atoms with Gasteiger partial charge in [0.1, 0.15) is 5.60 Å². The summed E-state index contributed by atoms with van der Waals surface area (Å²) >= 11 is 0. The summed E-state index contributed by atoms with van der Waals surface area (Å²) in [5, 5.41) is 10.8. The third kappa shape index (κ3) is 2.32. The second-order valence-electron chi connectivity index (χ2n) is 4.94. The Morgan fingerprint density at radius 3 is 2.17 bits per heavy atom. The monoisotopic (exact) mass is 240 g/mol. The summed E-state index contributed by atoms with van der Waals surface area (Å²) in [5.41, 5.74) is 3.38. The average molecular weight is 240 g/mol. The van der Waals surface area contributed by atoms with Gasteiger partial charge in [0.15, 0.2) is 0 Å². The third-order valence-electron chi connectivity index (χ3n) is 3.59. The minimum atomic E-state index is -0.933. The lowest BCUT2D eigenvalue weighted by Crippen LogP contribution is -2.23. The second-order valence-corrected chi connectivity index (χ2v) is 4.94. The highest BCUT2D eigenvalue weighted by Gasteiger charge is 2.26. The van der Waals surface area contributed by atoms with Crippen LogP contribution in [-0.2, 0) is 12.0 Å². The molecule has 1 nitrogen and oxygen atoms in total. The first-order chi connectivity index (χ1) is 8.55. The van der Waals surface area contributed by atoms with Gasteiger partial charge in [-0.3, -0.25) is 0 Å². The van der Waals surface area contributed by atoms with Crippen LogP contribution in [0.4, 0.5) is 0 Å². The van der Waals surface area contributed by atoms with E-state index in [2.05, 4.69) is 19.1 Å². The molecule has 0 aliphatic rings. The molecule has 0 saturated carbocycles. The van der Waals surface area contributed by atoms with Gasteiger partial charge >= 0.3 is 0 Å². The molecular formula is C17H20O. The molecule has 2 rings (SSSR count). The Hall–Kier alpha value is -1.60. The molecule has 1 N–H and O–H groups in total. The predicted molar refractivity (Wildman–Crippen MR) is 75.7 cm³/mol. The lowest BCUT2D eigenvalue weighted by Gasteiger charge is -2.26. The first kappa shape index (κ1) is 12.8. The van der Waals surface area contributed by atoms with Crippen LogP contribution in [0, 0.1) is 6.92 Å². The third-order valence-corrected chi connectivity index (χ3v) is 3.59. The number of aliphatic hydroxyl groups is 1. The topological polar surface area (TPSA) is 20.2 Å². The Morgan fingerprint density at radius 2 is 1.61 bits per heavy atom. The standard InChI is InChI=1S/C17H20O/c1-4-14-9-11-15(12-10-14)17(3,18)16-8-6-5-7-13(16)2/h5-12,18H,4H2,1-3H3. The average Bonchev–Trinajstić information content (AvgIpc) is 2.39. The number of rotatable bonds is 3. The summed E-state index contributed by atoms with van der Waals surface area (Å²) in [5.74, 6) is 0. The maximum absolute atomic E-state index is 10.8. The van der Waals surface area contributed by atoms with E-state index in [4.69, 9.17) is 0 Å². The fourth-order valence-electron chi connectivity index (χ4n) is 2.34. The molecule has 0 aromatic heterocycles. The van der Waals surface area contributed by atoms with E-state index in [1.165, 1.54) is 5.56 Å². The summed E-state index contributed by atoms with van der Waals surface area (Å²) < 4.78 is 0. The van der Waals surface area contributed by atoms with Crippen molar-refractivity contribution >= 4 is 0 Å². The number of aryl methyl sites for hydroxylation is 2. The van der Waals surface area contributed by atoms with Gasteiger partial charge in [-0.2, -0.15) is 0 Å². The van der Waals surface area contributed by atoms with Crippen molar-refractivity contribution in [1.29, 1.82) is 0 Å². The molecule has 1 heteroatoms. The van der Waals surface area contributed by atoms with Crippen molar-refractivity contribution < 1.29 is 5.11 Å². The molecule has 0 spiro atoms. The maximum Gasteiger partial charge on any atom is 0.112 e. The van der Waals surface area contributed by atoms with Crippen molar-refractivity contribution in [2.45, 2.75) is 32.8 Å². The van der Waals surface area contributed by atoms with Crippen LogP contribution in [0.25, 0.3) is 0 Å². The van der Waals surface area contributed by atoms with Crippen molar-refractivity contribution in [3.63, 3.8) is 0 Å². The fourth-order valence-corrected chi connectivity index (χ4v) is 2.34. The summed E-state index contributed by atoms with van der Waals surface area (Å²) in [6, 6.07) is 16.2. The molecule has 0 saturated heterocycles. The van der Waals surface area contributed by atoms with E-state index in [0.29, 0.717) is 0 Å². The van der Waals surface area contributed by atoms with Crippen LogP contribution >= 0.6 is 0 Å². The molecule has 0 fully saturated rings. The summed E-state index contributed by atoms with van der Waals surface area (Å²) in [7, 11) is 0. The van der Waals surface area contributed by atoms with Crippen LogP contribution in [0.5, 0.6) is 0 Å². The molecule has 1 unspecified atom stereocenters. The fraction of sp³-hybridized carbons (Fsp3) is 0.294. The largest absolute Gasteiger partial charge is 0.381 e. The van der Waals surface area contributed by atoms with E-state index in [9.17, 15) is 5.11 Å². The zero-order valence-electron chi connectivity index (χ0n) is 11.3. The molecular weight excluding hydrogens is 220 g/mol. The van der Waals surface area contributed by atoms with Gasteiger partial charge in [0.25, 0.3) is 0 Å². The lowest BCUT2D eigenvalue weighted by atomic mass is 9.85. The van der Waals surface area contributed by atoms with E-state index < -0.39 is 5.60 Å². The van der Waals surface area contributed by atoms with Gasteiger partial charge in [-0.1, -0.05) is 55.5 Å². The SMILES string of the molecule is CCc1ccc(C(C)(O)c2ccccc2C)cc1. The quantitative estimate of drug-likeness (QED) is 0.865. The summed E-state index contributed by atoms with van der Waals surface area (Å²) in [6.45, 7) is 6.02. The smallest absolute Gasteiger partial charge is 0.112 e. The van der Waals surface area contributed by atoms with Gasteiger partial charge in [0.05, 0.1) is 0 Å². The van der Waals surface area contributed by atoms with Gasteiger partial charge in [-0.25, -0.2) is 0 Å². The molecule has 0 radical (unpaired) electrons. The summed E-state index contributed by atoms with van der Waals surface area (Å²) in [4.78, 5) is 0.